The molecule has 0 spiro atoms. The normalized spacial score (nSPS) is 17.4. The number of carbonyl (C=O) groups is 1. The van der Waals surface area contributed by atoms with Gasteiger partial charge in [0.1, 0.15) is 11.9 Å². The van der Waals surface area contributed by atoms with E-state index in [1.165, 1.54) is 0 Å². The van der Waals surface area contributed by atoms with Crippen LogP contribution in [-0.4, -0.2) is 23.4 Å². The standard InChI is InChI=1S/C16H11F6N3O2/c1-8-6-14(15(17,18)19,16(20,21)22)11(7-23)12(24)25(8)10-4-2-9(3-5-10)13(26)27/h2-6H,24H2,1H3,(H,26,27). The molecule has 0 saturated heterocycles. The Morgan fingerprint density at radius 3 is 2.00 bits per heavy atom. The fourth-order valence-electron chi connectivity index (χ4n) is 2.80. The predicted molar refractivity (Wildman–Crippen MR) is 81.0 cm³/mol. The molecule has 3 N–H and O–H groups in total. The number of hydrogen-bond donors (Lipinski definition) is 2. The number of halogens is 6. The number of nitrogens with two attached hydrogens (primary N) is 1. The lowest BCUT2D eigenvalue weighted by molar-refractivity contribution is -0.306. The minimum atomic E-state index is -5.86. The van der Waals surface area contributed by atoms with Crippen LogP contribution >= 0.6 is 0 Å². The van der Waals surface area contributed by atoms with Crippen molar-refractivity contribution in [2.75, 3.05) is 4.90 Å². The van der Waals surface area contributed by atoms with E-state index in [1.54, 1.807) is 0 Å². The van der Waals surface area contributed by atoms with Crippen molar-refractivity contribution >= 4 is 11.7 Å². The fourth-order valence-corrected chi connectivity index (χ4v) is 2.80. The second kappa shape index (κ2) is 6.22. The maximum atomic E-state index is 13.5. The van der Waals surface area contributed by atoms with Crippen LogP contribution in [0, 0.1) is 16.7 Å². The molecule has 144 valence electrons. The summed E-state index contributed by atoms with van der Waals surface area (Å²) in [6, 6.07) is 5.43. The molecule has 0 unspecified atom stereocenters. The molecule has 0 amide bonds. The maximum Gasteiger partial charge on any atom is 0.411 e. The monoisotopic (exact) mass is 391 g/mol. The van der Waals surface area contributed by atoms with Crippen LogP contribution in [0.1, 0.15) is 17.3 Å². The number of carboxylic acid groups (broad SMARTS) is 1. The molecule has 0 aromatic heterocycles. The highest BCUT2D eigenvalue weighted by Gasteiger charge is 2.73. The SMILES string of the molecule is CC1=CC(C(F)(F)F)(C(F)(F)F)C(C#N)=C(N)N1c1ccc(C(=O)O)cc1. The van der Waals surface area contributed by atoms with Gasteiger partial charge >= 0.3 is 18.3 Å². The van der Waals surface area contributed by atoms with Crippen LogP contribution in [0.3, 0.4) is 0 Å². The smallest absolute Gasteiger partial charge is 0.411 e. The first-order chi connectivity index (χ1) is 12.3. The van der Waals surface area contributed by atoms with Crippen molar-refractivity contribution < 1.29 is 36.2 Å². The number of hydrogen-bond acceptors (Lipinski definition) is 4. The topological polar surface area (TPSA) is 90.4 Å². The van der Waals surface area contributed by atoms with Crippen LogP contribution < -0.4 is 10.6 Å². The third-order valence-electron chi connectivity index (χ3n) is 4.05. The summed E-state index contributed by atoms with van der Waals surface area (Å²) in [6.45, 7) is 0.971. The van der Waals surface area contributed by atoms with Gasteiger partial charge in [-0.2, -0.15) is 31.6 Å². The van der Waals surface area contributed by atoms with Crippen molar-refractivity contribution in [1.29, 1.82) is 5.26 Å². The van der Waals surface area contributed by atoms with E-state index in [0.717, 1.165) is 42.2 Å². The first-order valence-corrected chi connectivity index (χ1v) is 7.14. The molecule has 0 atom stereocenters. The van der Waals surface area contributed by atoms with Gasteiger partial charge in [-0.05, 0) is 37.3 Å². The summed E-state index contributed by atoms with van der Waals surface area (Å²) in [4.78, 5) is 11.7. The lowest BCUT2D eigenvalue weighted by Gasteiger charge is -2.41. The molecule has 0 radical (unpaired) electrons. The van der Waals surface area contributed by atoms with Gasteiger partial charge in [-0.25, -0.2) is 4.79 Å². The predicted octanol–water partition coefficient (Wildman–Crippen LogP) is 3.91. The number of aromatic carboxylic acids is 1. The Morgan fingerprint density at radius 2 is 1.63 bits per heavy atom. The average Bonchev–Trinajstić information content (AvgIpc) is 2.52. The van der Waals surface area contributed by atoms with Crippen LogP contribution in [0.2, 0.25) is 0 Å². The maximum absolute atomic E-state index is 13.5. The van der Waals surface area contributed by atoms with Crippen LogP contribution in [0.4, 0.5) is 32.0 Å². The third kappa shape index (κ3) is 2.97. The van der Waals surface area contributed by atoms with Crippen molar-refractivity contribution in [2.24, 2.45) is 11.1 Å². The first-order valence-electron chi connectivity index (χ1n) is 7.14. The van der Waals surface area contributed by atoms with Crippen molar-refractivity contribution in [1.82, 2.24) is 0 Å². The summed E-state index contributed by atoms with van der Waals surface area (Å²) >= 11 is 0. The highest BCUT2D eigenvalue weighted by molar-refractivity contribution is 5.88. The molecule has 2 rings (SSSR count). The number of rotatable bonds is 2. The van der Waals surface area contributed by atoms with Gasteiger partial charge in [0.2, 0.25) is 5.41 Å². The fraction of sp³-hybridized carbons (Fsp3) is 0.250. The first kappa shape index (κ1) is 20.2. The summed E-state index contributed by atoms with van der Waals surface area (Å²) in [5, 5.41) is 17.9. The van der Waals surface area contributed by atoms with Gasteiger partial charge in [0.25, 0.3) is 0 Å². The number of alkyl halides is 6. The molecular weight excluding hydrogens is 380 g/mol. The molecule has 0 fully saturated rings. The summed E-state index contributed by atoms with van der Waals surface area (Å²) in [6.07, 6.45) is -11.8. The summed E-state index contributed by atoms with van der Waals surface area (Å²) in [5.41, 5.74) is -1.38. The lowest BCUT2D eigenvalue weighted by atomic mass is 9.75. The molecule has 0 aliphatic carbocycles. The Morgan fingerprint density at radius 1 is 1.15 bits per heavy atom. The Balaban J connectivity index is 2.74. The van der Waals surface area contributed by atoms with Gasteiger partial charge in [-0.1, -0.05) is 0 Å². The zero-order valence-corrected chi connectivity index (χ0v) is 13.5. The molecule has 0 saturated carbocycles. The van der Waals surface area contributed by atoms with Gasteiger partial charge in [-0.3, -0.25) is 0 Å². The van der Waals surface area contributed by atoms with Gasteiger partial charge in [0.05, 0.1) is 11.1 Å². The highest BCUT2D eigenvalue weighted by atomic mass is 19.4. The quantitative estimate of drug-likeness (QED) is 0.746. The third-order valence-corrected chi connectivity index (χ3v) is 4.05. The molecule has 27 heavy (non-hydrogen) atoms. The number of carboxylic acids is 1. The minimum Gasteiger partial charge on any atom is -0.478 e. The number of nitrogens with zero attached hydrogens (tertiary/aromatic N) is 2. The molecule has 0 bridgehead atoms. The zero-order chi connectivity index (χ0) is 20.8. The average molecular weight is 391 g/mol. The minimum absolute atomic E-state index is 0.00283. The molecule has 11 heteroatoms. The number of anilines is 1. The van der Waals surface area contributed by atoms with Crippen molar-refractivity contribution in [3.05, 3.63) is 53.0 Å². The molecule has 1 aliphatic rings. The Bertz CT molecular complexity index is 861. The van der Waals surface area contributed by atoms with Crippen LogP contribution in [-0.2, 0) is 0 Å². The van der Waals surface area contributed by atoms with E-state index in [1.807, 2.05) is 0 Å². The van der Waals surface area contributed by atoms with Gasteiger partial charge in [0, 0.05) is 11.4 Å². The number of benzene rings is 1. The number of nitriles is 1. The molecule has 1 aromatic carbocycles. The molecule has 1 aromatic rings. The number of allylic oxidation sites excluding steroid dienone is 3. The van der Waals surface area contributed by atoms with Gasteiger partial charge in [-0.15, -0.1) is 0 Å². The molecular formula is C16H11F6N3O2. The van der Waals surface area contributed by atoms with E-state index in [-0.39, 0.29) is 17.3 Å². The second-order valence-corrected chi connectivity index (χ2v) is 5.65. The van der Waals surface area contributed by atoms with Crippen LogP contribution in [0.25, 0.3) is 0 Å². The van der Waals surface area contributed by atoms with Gasteiger partial charge < -0.3 is 15.7 Å². The molecule has 5 nitrogen and oxygen atoms in total. The Hall–Kier alpha value is -3.16. The molecule has 1 heterocycles. The second-order valence-electron chi connectivity index (χ2n) is 5.65. The zero-order valence-electron chi connectivity index (χ0n) is 13.5. The van der Waals surface area contributed by atoms with Crippen molar-refractivity contribution in [3.63, 3.8) is 0 Å². The largest absolute Gasteiger partial charge is 0.478 e. The summed E-state index contributed by atoms with van der Waals surface area (Å²) < 4.78 is 80.7. The van der Waals surface area contributed by atoms with Crippen molar-refractivity contribution in [3.8, 4) is 6.07 Å². The van der Waals surface area contributed by atoms with E-state index in [9.17, 15) is 31.1 Å². The Labute approximate surface area is 148 Å². The van der Waals surface area contributed by atoms with E-state index < -0.39 is 40.8 Å². The highest BCUT2D eigenvalue weighted by Crippen LogP contribution is 2.58. The van der Waals surface area contributed by atoms with E-state index in [0.29, 0.717) is 0 Å². The van der Waals surface area contributed by atoms with Gasteiger partial charge in [0.15, 0.2) is 0 Å². The molecule has 1 aliphatic heterocycles. The van der Waals surface area contributed by atoms with E-state index in [2.05, 4.69) is 0 Å². The van der Waals surface area contributed by atoms with Crippen molar-refractivity contribution in [2.45, 2.75) is 19.3 Å². The van der Waals surface area contributed by atoms with Crippen LogP contribution in [0.5, 0.6) is 0 Å². The lowest BCUT2D eigenvalue weighted by Crippen LogP contribution is -2.54. The van der Waals surface area contributed by atoms with Crippen LogP contribution in [0.15, 0.2) is 47.4 Å². The Kier molecular flexibility index (Phi) is 4.65. The summed E-state index contributed by atoms with van der Waals surface area (Å²) in [5.74, 6) is -2.32. The van der Waals surface area contributed by atoms with E-state index in [4.69, 9.17) is 16.1 Å². The van der Waals surface area contributed by atoms with E-state index >= 15 is 0 Å². The summed E-state index contributed by atoms with van der Waals surface area (Å²) in [7, 11) is 0.